The van der Waals surface area contributed by atoms with E-state index >= 15 is 0 Å². The van der Waals surface area contributed by atoms with Gasteiger partial charge in [-0.2, -0.15) is 0 Å². The van der Waals surface area contributed by atoms with Crippen LogP contribution >= 0.6 is 11.8 Å². The maximum absolute atomic E-state index is 13.3. The zero-order valence-electron chi connectivity index (χ0n) is 16.0. The maximum atomic E-state index is 13.3. The molecule has 2 heterocycles. The Labute approximate surface area is 167 Å². The SMILES string of the molecule is Cc1noc(C)c1CSc1nc2ccccc2c(=O)n1[C@H](C)c1ccccc1. The summed E-state index contributed by atoms with van der Waals surface area (Å²) in [6.07, 6.45) is 0. The molecule has 2 aromatic carbocycles. The van der Waals surface area contributed by atoms with Crippen LogP contribution in [0.2, 0.25) is 0 Å². The predicted octanol–water partition coefficient (Wildman–Crippen LogP) is 4.90. The summed E-state index contributed by atoms with van der Waals surface area (Å²) in [6.45, 7) is 5.87. The van der Waals surface area contributed by atoms with Crippen LogP contribution in [0.4, 0.5) is 0 Å². The van der Waals surface area contributed by atoms with Gasteiger partial charge in [-0.05, 0) is 38.5 Å². The van der Waals surface area contributed by atoms with Crippen LogP contribution in [0.3, 0.4) is 0 Å². The minimum Gasteiger partial charge on any atom is -0.361 e. The van der Waals surface area contributed by atoms with E-state index in [1.54, 1.807) is 4.57 Å². The molecule has 0 aliphatic heterocycles. The molecule has 28 heavy (non-hydrogen) atoms. The Bertz CT molecular complexity index is 1160. The van der Waals surface area contributed by atoms with E-state index in [9.17, 15) is 4.79 Å². The molecule has 0 aliphatic rings. The molecule has 4 rings (SSSR count). The van der Waals surface area contributed by atoms with Crippen molar-refractivity contribution in [3.8, 4) is 0 Å². The Kier molecular flexibility index (Phi) is 5.05. The molecule has 0 N–H and O–H groups in total. The number of nitrogens with zero attached hydrogens (tertiary/aromatic N) is 3. The van der Waals surface area contributed by atoms with Gasteiger partial charge in [0.25, 0.3) is 5.56 Å². The number of rotatable bonds is 5. The highest BCUT2D eigenvalue weighted by atomic mass is 32.2. The van der Waals surface area contributed by atoms with E-state index in [1.165, 1.54) is 11.8 Å². The summed E-state index contributed by atoms with van der Waals surface area (Å²) >= 11 is 1.54. The van der Waals surface area contributed by atoms with E-state index in [4.69, 9.17) is 9.51 Å². The second kappa shape index (κ2) is 7.64. The number of hydrogen-bond donors (Lipinski definition) is 0. The molecule has 0 saturated heterocycles. The molecule has 5 nitrogen and oxygen atoms in total. The van der Waals surface area contributed by atoms with Gasteiger partial charge >= 0.3 is 0 Å². The molecule has 0 saturated carbocycles. The van der Waals surface area contributed by atoms with Gasteiger partial charge in [0.2, 0.25) is 0 Å². The Morgan fingerprint density at radius 2 is 1.79 bits per heavy atom. The Morgan fingerprint density at radius 1 is 1.07 bits per heavy atom. The van der Waals surface area contributed by atoms with Crippen LogP contribution in [-0.4, -0.2) is 14.7 Å². The Hall–Kier alpha value is -2.86. The normalized spacial score (nSPS) is 12.4. The summed E-state index contributed by atoms with van der Waals surface area (Å²) in [5.74, 6) is 1.45. The molecule has 4 aromatic rings. The molecular weight excluding hydrogens is 370 g/mol. The highest BCUT2D eigenvalue weighted by molar-refractivity contribution is 7.98. The lowest BCUT2D eigenvalue weighted by Crippen LogP contribution is -2.27. The van der Waals surface area contributed by atoms with Crippen molar-refractivity contribution in [1.29, 1.82) is 0 Å². The van der Waals surface area contributed by atoms with E-state index in [2.05, 4.69) is 5.16 Å². The number of para-hydroxylation sites is 1. The van der Waals surface area contributed by atoms with Crippen molar-refractivity contribution >= 4 is 22.7 Å². The maximum Gasteiger partial charge on any atom is 0.262 e. The first kappa shape index (κ1) is 18.5. The third-order valence-corrected chi connectivity index (χ3v) is 5.95. The highest BCUT2D eigenvalue weighted by Gasteiger charge is 2.19. The summed E-state index contributed by atoms with van der Waals surface area (Å²) in [6, 6.07) is 17.4. The third kappa shape index (κ3) is 3.36. The molecule has 0 spiro atoms. The van der Waals surface area contributed by atoms with Gasteiger partial charge in [-0.3, -0.25) is 9.36 Å². The Balaban J connectivity index is 1.83. The smallest absolute Gasteiger partial charge is 0.262 e. The summed E-state index contributed by atoms with van der Waals surface area (Å²) < 4.78 is 7.06. The Morgan fingerprint density at radius 3 is 2.50 bits per heavy atom. The van der Waals surface area contributed by atoms with E-state index in [0.717, 1.165) is 22.6 Å². The lowest BCUT2D eigenvalue weighted by atomic mass is 10.1. The van der Waals surface area contributed by atoms with E-state index in [0.29, 0.717) is 21.8 Å². The topological polar surface area (TPSA) is 60.9 Å². The van der Waals surface area contributed by atoms with Gasteiger partial charge in [0.1, 0.15) is 5.76 Å². The minimum absolute atomic E-state index is 0.0248. The largest absolute Gasteiger partial charge is 0.361 e. The van der Waals surface area contributed by atoms with Crippen LogP contribution in [-0.2, 0) is 5.75 Å². The molecule has 142 valence electrons. The zero-order valence-corrected chi connectivity index (χ0v) is 16.9. The molecular formula is C22H21N3O2S. The van der Waals surface area contributed by atoms with Crippen LogP contribution in [0.5, 0.6) is 0 Å². The minimum atomic E-state index is -0.127. The number of aromatic nitrogens is 3. The van der Waals surface area contributed by atoms with Crippen molar-refractivity contribution in [2.75, 3.05) is 0 Å². The van der Waals surface area contributed by atoms with Gasteiger partial charge in [-0.1, -0.05) is 59.4 Å². The fourth-order valence-electron chi connectivity index (χ4n) is 3.29. The van der Waals surface area contributed by atoms with Crippen molar-refractivity contribution < 1.29 is 4.52 Å². The van der Waals surface area contributed by atoms with Gasteiger partial charge in [0.15, 0.2) is 5.16 Å². The van der Waals surface area contributed by atoms with Crippen molar-refractivity contribution in [2.45, 2.75) is 37.7 Å². The monoisotopic (exact) mass is 391 g/mol. The number of aryl methyl sites for hydroxylation is 2. The third-order valence-electron chi connectivity index (χ3n) is 4.97. The fraction of sp³-hybridized carbons (Fsp3) is 0.227. The second-order valence-corrected chi connectivity index (χ2v) is 7.71. The highest BCUT2D eigenvalue weighted by Crippen LogP contribution is 2.29. The molecule has 0 amide bonds. The number of benzene rings is 2. The molecule has 0 bridgehead atoms. The van der Waals surface area contributed by atoms with Crippen molar-refractivity contribution in [2.24, 2.45) is 0 Å². The van der Waals surface area contributed by atoms with Crippen LogP contribution < -0.4 is 5.56 Å². The van der Waals surface area contributed by atoms with Gasteiger partial charge in [-0.15, -0.1) is 0 Å². The van der Waals surface area contributed by atoms with Crippen LogP contribution in [0.1, 0.15) is 35.5 Å². The molecule has 0 unspecified atom stereocenters. The summed E-state index contributed by atoms with van der Waals surface area (Å²) in [5.41, 5.74) is 3.68. The zero-order chi connectivity index (χ0) is 19.7. The molecule has 6 heteroatoms. The molecule has 2 aromatic heterocycles. The molecule has 1 atom stereocenters. The quantitative estimate of drug-likeness (QED) is 0.358. The average Bonchev–Trinajstić information content (AvgIpc) is 3.04. The van der Waals surface area contributed by atoms with E-state index in [1.807, 2.05) is 75.4 Å². The lowest BCUT2D eigenvalue weighted by molar-refractivity contribution is 0.392. The van der Waals surface area contributed by atoms with Crippen molar-refractivity contribution in [1.82, 2.24) is 14.7 Å². The summed E-state index contributed by atoms with van der Waals surface area (Å²) in [5, 5.41) is 5.35. The van der Waals surface area contributed by atoms with Gasteiger partial charge in [0.05, 0.1) is 22.6 Å². The second-order valence-electron chi connectivity index (χ2n) is 6.76. The first-order chi connectivity index (χ1) is 13.6. The van der Waals surface area contributed by atoms with Crippen molar-refractivity contribution in [3.05, 3.63) is 87.5 Å². The molecule has 0 radical (unpaired) electrons. The van der Waals surface area contributed by atoms with Crippen LogP contribution in [0.25, 0.3) is 10.9 Å². The van der Waals surface area contributed by atoms with Gasteiger partial charge < -0.3 is 4.52 Å². The predicted molar refractivity (Wildman–Crippen MR) is 112 cm³/mol. The number of fused-ring (bicyclic) bond motifs is 1. The number of thioether (sulfide) groups is 1. The lowest BCUT2D eigenvalue weighted by Gasteiger charge is -2.20. The van der Waals surface area contributed by atoms with Crippen LogP contribution in [0.15, 0.2) is 69.1 Å². The van der Waals surface area contributed by atoms with Crippen LogP contribution in [0, 0.1) is 13.8 Å². The summed E-state index contributed by atoms with van der Waals surface area (Å²) in [7, 11) is 0. The van der Waals surface area contributed by atoms with Crippen molar-refractivity contribution in [3.63, 3.8) is 0 Å². The van der Waals surface area contributed by atoms with Gasteiger partial charge in [-0.25, -0.2) is 4.98 Å². The molecule has 0 fully saturated rings. The fourth-order valence-corrected chi connectivity index (χ4v) is 4.52. The standard InChI is InChI=1S/C22H21N3O2S/c1-14-19(16(3)27-24-14)13-28-22-23-20-12-8-7-11-18(20)21(26)25(22)15(2)17-9-5-4-6-10-17/h4-12,15H,13H2,1-3H3/t15-/m1/s1. The first-order valence-electron chi connectivity index (χ1n) is 9.17. The van der Waals surface area contributed by atoms with Gasteiger partial charge in [0, 0.05) is 11.3 Å². The molecule has 0 aliphatic carbocycles. The average molecular weight is 391 g/mol. The first-order valence-corrected chi connectivity index (χ1v) is 10.2. The number of hydrogen-bond acceptors (Lipinski definition) is 5. The summed E-state index contributed by atoms with van der Waals surface area (Å²) in [4.78, 5) is 18.2. The van der Waals surface area contributed by atoms with E-state index < -0.39 is 0 Å². The van der Waals surface area contributed by atoms with E-state index in [-0.39, 0.29) is 11.6 Å².